The van der Waals surface area contributed by atoms with Gasteiger partial charge < -0.3 is 5.11 Å². The number of hydrogen-bond acceptors (Lipinski definition) is 2. The number of nitrogens with zero attached hydrogens (tertiary/aromatic N) is 2. The largest absolute Gasteiger partial charge is 0.476 e. The van der Waals surface area contributed by atoms with Gasteiger partial charge in [-0.25, -0.2) is 9.78 Å². The smallest absolute Gasteiger partial charge is 0.359 e. The second-order valence-corrected chi connectivity index (χ2v) is 3.55. The molecule has 0 atom stereocenters. The van der Waals surface area contributed by atoms with Gasteiger partial charge in [-0.1, -0.05) is 15.9 Å². The van der Waals surface area contributed by atoms with Crippen LogP contribution in [-0.2, 0) is 0 Å². The molecule has 14 heavy (non-hydrogen) atoms. The molecule has 0 spiro atoms. The van der Waals surface area contributed by atoms with Crippen LogP contribution in [0.15, 0.2) is 22.8 Å². The molecule has 0 bridgehead atoms. The molecule has 6 heteroatoms. The van der Waals surface area contributed by atoms with Crippen LogP contribution in [0.5, 0.6) is 0 Å². The first-order chi connectivity index (χ1) is 6.59. The van der Waals surface area contributed by atoms with Gasteiger partial charge >= 0.3 is 5.97 Å². The molecular weight excluding hydrogens is 255 g/mol. The van der Waals surface area contributed by atoms with Gasteiger partial charge in [0, 0.05) is 10.7 Å². The number of hydrogen-bond donors (Lipinski definition) is 1. The van der Waals surface area contributed by atoms with E-state index in [1.807, 2.05) is 0 Å². The van der Waals surface area contributed by atoms with Crippen molar-refractivity contribution in [3.63, 3.8) is 0 Å². The van der Waals surface area contributed by atoms with E-state index in [9.17, 15) is 9.18 Å². The summed E-state index contributed by atoms with van der Waals surface area (Å²) in [5.74, 6) is -2.23. The molecule has 0 saturated carbocycles. The number of fused-ring (bicyclic) bond motifs is 1. The van der Waals surface area contributed by atoms with Gasteiger partial charge in [0.1, 0.15) is 5.65 Å². The van der Waals surface area contributed by atoms with Crippen molar-refractivity contribution in [3.8, 4) is 0 Å². The fourth-order valence-electron chi connectivity index (χ4n) is 1.13. The zero-order valence-corrected chi connectivity index (χ0v) is 8.32. The number of pyridine rings is 1. The Hall–Kier alpha value is -1.43. The van der Waals surface area contributed by atoms with Crippen LogP contribution < -0.4 is 0 Å². The Kier molecular flexibility index (Phi) is 1.99. The molecule has 2 heterocycles. The average molecular weight is 259 g/mol. The molecular formula is C8H4BrFN2O2. The highest BCUT2D eigenvalue weighted by Gasteiger charge is 2.17. The number of carbonyl (C=O) groups is 1. The van der Waals surface area contributed by atoms with Crippen LogP contribution in [-0.4, -0.2) is 20.5 Å². The van der Waals surface area contributed by atoms with E-state index < -0.39 is 17.6 Å². The zero-order valence-electron chi connectivity index (χ0n) is 6.74. The topological polar surface area (TPSA) is 54.6 Å². The third kappa shape index (κ3) is 1.27. The third-order valence-corrected chi connectivity index (χ3v) is 2.23. The minimum atomic E-state index is -1.37. The number of aromatic carboxylic acids is 1. The van der Waals surface area contributed by atoms with E-state index in [0.29, 0.717) is 4.47 Å². The summed E-state index contributed by atoms with van der Waals surface area (Å²) in [6.45, 7) is 0. The lowest BCUT2D eigenvalue weighted by molar-refractivity contribution is 0.0685. The van der Waals surface area contributed by atoms with Crippen LogP contribution in [0.1, 0.15) is 10.5 Å². The van der Waals surface area contributed by atoms with Crippen LogP contribution in [0.4, 0.5) is 4.39 Å². The van der Waals surface area contributed by atoms with E-state index in [2.05, 4.69) is 20.9 Å². The first kappa shape index (κ1) is 9.14. The molecule has 0 amide bonds. The van der Waals surface area contributed by atoms with Gasteiger partial charge in [0.15, 0.2) is 0 Å². The fraction of sp³-hybridized carbons (Fsp3) is 0. The second kappa shape index (κ2) is 3.06. The van der Waals surface area contributed by atoms with E-state index in [0.717, 1.165) is 4.40 Å². The van der Waals surface area contributed by atoms with Crippen LogP contribution in [0.2, 0.25) is 0 Å². The summed E-state index contributed by atoms with van der Waals surface area (Å²) in [6, 6.07) is 3.14. The predicted octanol–water partition coefficient (Wildman–Crippen LogP) is 1.93. The zero-order chi connectivity index (χ0) is 10.3. The molecule has 2 aromatic heterocycles. The molecule has 72 valence electrons. The molecule has 0 unspecified atom stereocenters. The molecule has 2 rings (SSSR count). The Morgan fingerprint density at radius 1 is 1.64 bits per heavy atom. The molecule has 0 saturated heterocycles. The Morgan fingerprint density at radius 3 is 3.00 bits per heavy atom. The monoisotopic (exact) mass is 258 g/mol. The summed E-state index contributed by atoms with van der Waals surface area (Å²) in [6.07, 6.45) is 1.41. The van der Waals surface area contributed by atoms with Gasteiger partial charge in [0.05, 0.1) is 0 Å². The average Bonchev–Trinajstić information content (AvgIpc) is 2.43. The second-order valence-electron chi connectivity index (χ2n) is 2.63. The van der Waals surface area contributed by atoms with E-state index in [-0.39, 0.29) is 5.65 Å². The van der Waals surface area contributed by atoms with Crippen molar-refractivity contribution in [1.82, 2.24) is 9.38 Å². The van der Waals surface area contributed by atoms with Gasteiger partial charge in [-0.15, -0.1) is 0 Å². The lowest BCUT2D eigenvalue weighted by Gasteiger charge is -1.93. The summed E-state index contributed by atoms with van der Waals surface area (Å²) in [5.41, 5.74) is -0.308. The lowest BCUT2D eigenvalue weighted by atomic mass is 10.5. The summed E-state index contributed by atoms with van der Waals surface area (Å²) in [4.78, 5) is 14.2. The molecule has 4 nitrogen and oxygen atoms in total. The number of carboxylic acid groups (broad SMARTS) is 1. The molecule has 0 radical (unpaired) electrons. The maximum absolute atomic E-state index is 13.3. The minimum absolute atomic E-state index is 0.259. The Bertz CT molecular complexity index is 523. The third-order valence-electron chi connectivity index (χ3n) is 1.73. The van der Waals surface area contributed by atoms with Crippen LogP contribution in [0.3, 0.4) is 0 Å². The molecule has 0 aliphatic carbocycles. The molecule has 0 aliphatic heterocycles. The highest BCUT2D eigenvalue weighted by molar-refractivity contribution is 9.10. The van der Waals surface area contributed by atoms with E-state index >= 15 is 0 Å². The summed E-state index contributed by atoms with van der Waals surface area (Å²) in [7, 11) is 0. The van der Waals surface area contributed by atoms with Crippen molar-refractivity contribution in [2.24, 2.45) is 0 Å². The Labute approximate surface area is 86.1 Å². The molecule has 0 fully saturated rings. The number of rotatable bonds is 1. The highest BCUT2D eigenvalue weighted by Crippen LogP contribution is 2.16. The van der Waals surface area contributed by atoms with Crippen molar-refractivity contribution in [2.75, 3.05) is 0 Å². The van der Waals surface area contributed by atoms with Crippen molar-refractivity contribution >= 4 is 27.5 Å². The van der Waals surface area contributed by atoms with Crippen molar-refractivity contribution < 1.29 is 14.3 Å². The number of aromatic nitrogens is 2. The predicted molar refractivity (Wildman–Crippen MR) is 49.8 cm³/mol. The van der Waals surface area contributed by atoms with E-state index in [1.54, 1.807) is 6.07 Å². The van der Waals surface area contributed by atoms with Crippen molar-refractivity contribution in [2.45, 2.75) is 0 Å². The van der Waals surface area contributed by atoms with E-state index in [1.165, 1.54) is 12.3 Å². The quantitative estimate of drug-likeness (QED) is 0.851. The standard InChI is InChI=1S/C8H4BrFN2O2/c9-4-1-2-12-5(3-4)11-6(7(12)10)8(13)14/h1-3H,(H,13,14). The van der Waals surface area contributed by atoms with Gasteiger partial charge in [0.2, 0.25) is 11.6 Å². The summed E-state index contributed by atoms with van der Waals surface area (Å²) < 4.78 is 15.1. The first-order valence-electron chi connectivity index (χ1n) is 3.66. The minimum Gasteiger partial charge on any atom is -0.476 e. The SMILES string of the molecule is O=C(O)c1nc2cc(Br)ccn2c1F. The van der Waals surface area contributed by atoms with Crippen LogP contribution in [0, 0.1) is 5.95 Å². The van der Waals surface area contributed by atoms with Crippen LogP contribution >= 0.6 is 15.9 Å². The fourth-order valence-corrected chi connectivity index (χ4v) is 1.45. The van der Waals surface area contributed by atoms with Gasteiger partial charge in [-0.3, -0.25) is 4.40 Å². The normalized spacial score (nSPS) is 10.7. The Morgan fingerprint density at radius 2 is 2.36 bits per heavy atom. The maximum atomic E-state index is 13.3. The molecule has 1 N–H and O–H groups in total. The van der Waals surface area contributed by atoms with Gasteiger partial charge in [0.25, 0.3) is 0 Å². The number of carboxylic acids is 1. The van der Waals surface area contributed by atoms with E-state index in [4.69, 9.17) is 5.11 Å². The summed E-state index contributed by atoms with van der Waals surface area (Å²) >= 11 is 3.18. The lowest BCUT2D eigenvalue weighted by Crippen LogP contribution is -2.00. The summed E-state index contributed by atoms with van der Waals surface area (Å²) in [5, 5.41) is 8.61. The van der Waals surface area contributed by atoms with Gasteiger partial charge in [-0.2, -0.15) is 4.39 Å². The van der Waals surface area contributed by atoms with Crippen LogP contribution in [0.25, 0.3) is 5.65 Å². The Balaban J connectivity index is 2.79. The van der Waals surface area contributed by atoms with Crippen molar-refractivity contribution in [3.05, 3.63) is 34.4 Å². The number of imidazole rings is 1. The van der Waals surface area contributed by atoms with Crippen molar-refractivity contribution in [1.29, 1.82) is 0 Å². The molecule has 0 aromatic carbocycles. The highest BCUT2D eigenvalue weighted by atomic mass is 79.9. The number of halogens is 2. The maximum Gasteiger partial charge on any atom is 0.359 e. The first-order valence-corrected chi connectivity index (χ1v) is 4.45. The molecule has 2 aromatic rings. The van der Waals surface area contributed by atoms with Gasteiger partial charge in [-0.05, 0) is 12.1 Å². The molecule has 0 aliphatic rings.